The largest absolute Gasteiger partial charge is 0.494 e. The summed E-state index contributed by atoms with van der Waals surface area (Å²) in [7, 11) is 1.30. The highest BCUT2D eigenvalue weighted by atomic mass is 35.5. The van der Waals surface area contributed by atoms with Crippen molar-refractivity contribution in [3.05, 3.63) is 63.4 Å². The third-order valence-electron chi connectivity index (χ3n) is 3.99. The SMILES string of the molecule is COc1cc(-n2c(C(C)NC(=O)O)nc3cccc(Cl)c3c2=O)ccc1F. The van der Waals surface area contributed by atoms with Gasteiger partial charge in [0.15, 0.2) is 11.6 Å². The fraction of sp³-hybridized carbons (Fsp3) is 0.167. The van der Waals surface area contributed by atoms with E-state index in [-0.39, 0.29) is 27.7 Å². The lowest BCUT2D eigenvalue weighted by atomic mass is 10.2. The van der Waals surface area contributed by atoms with E-state index in [1.54, 1.807) is 25.1 Å². The number of aromatic nitrogens is 2. The first kappa shape index (κ1) is 18.7. The quantitative estimate of drug-likeness (QED) is 0.709. The monoisotopic (exact) mass is 391 g/mol. The van der Waals surface area contributed by atoms with E-state index in [0.29, 0.717) is 5.52 Å². The molecule has 27 heavy (non-hydrogen) atoms. The first-order valence-corrected chi connectivity index (χ1v) is 8.25. The number of hydrogen-bond donors (Lipinski definition) is 2. The van der Waals surface area contributed by atoms with Gasteiger partial charge in [-0.25, -0.2) is 14.2 Å². The maximum atomic E-state index is 13.8. The maximum absolute atomic E-state index is 13.8. The summed E-state index contributed by atoms with van der Waals surface area (Å²) in [6, 6.07) is 7.84. The summed E-state index contributed by atoms with van der Waals surface area (Å²) in [5.74, 6) is -0.534. The molecule has 1 aromatic heterocycles. The van der Waals surface area contributed by atoms with Crippen LogP contribution in [0.5, 0.6) is 5.75 Å². The number of amides is 1. The van der Waals surface area contributed by atoms with E-state index in [0.717, 1.165) is 6.07 Å². The number of rotatable bonds is 4. The van der Waals surface area contributed by atoms with E-state index in [1.807, 2.05) is 0 Å². The van der Waals surface area contributed by atoms with Crippen molar-refractivity contribution < 1.29 is 19.0 Å². The number of fused-ring (bicyclic) bond motifs is 1. The van der Waals surface area contributed by atoms with Crippen molar-refractivity contribution in [3.63, 3.8) is 0 Å². The Morgan fingerprint density at radius 1 is 1.37 bits per heavy atom. The minimum atomic E-state index is -1.27. The summed E-state index contributed by atoms with van der Waals surface area (Å²) >= 11 is 6.17. The number of halogens is 2. The van der Waals surface area contributed by atoms with Gasteiger partial charge in [-0.1, -0.05) is 17.7 Å². The molecule has 0 aliphatic rings. The number of ether oxygens (including phenoxy) is 1. The van der Waals surface area contributed by atoms with Gasteiger partial charge in [-0.2, -0.15) is 0 Å². The number of hydrogen-bond acceptors (Lipinski definition) is 4. The second-order valence-corrected chi connectivity index (χ2v) is 6.14. The van der Waals surface area contributed by atoms with E-state index < -0.39 is 23.5 Å². The Hall–Kier alpha value is -3.13. The molecule has 1 heterocycles. The van der Waals surface area contributed by atoms with Crippen LogP contribution in [0.3, 0.4) is 0 Å². The second-order valence-electron chi connectivity index (χ2n) is 5.73. The molecule has 0 aliphatic heterocycles. The fourth-order valence-electron chi connectivity index (χ4n) is 2.78. The zero-order valence-corrected chi connectivity index (χ0v) is 15.1. The van der Waals surface area contributed by atoms with Crippen LogP contribution in [0.4, 0.5) is 9.18 Å². The van der Waals surface area contributed by atoms with Crippen LogP contribution in [0.15, 0.2) is 41.2 Å². The minimum Gasteiger partial charge on any atom is -0.494 e. The predicted octanol–water partition coefficient (Wildman–Crippen LogP) is 3.52. The first-order valence-electron chi connectivity index (χ1n) is 7.88. The van der Waals surface area contributed by atoms with Crippen LogP contribution in [0, 0.1) is 5.82 Å². The molecule has 7 nitrogen and oxygen atoms in total. The minimum absolute atomic E-state index is 0.0662. The number of benzene rings is 2. The zero-order valence-electron chi connectivity index (χ0n) is 14.4. The molecule has 1 amide bonds. The topological polar surface area (TPSA) is 93.4 Å². The summed E-state index contributed by atoms with van der Waals surface area (Å²) in [6.07, 6.45) is -1.27. The molecule has 0 aliphatic carbocycles. The van der Waals surface area contributed by atoms with Crippen molar-refractivity contribution in [2.24, 2.45) is 0 Å². The Morgan fingerprint density at radius 3 is 2.78 bits per heavy atom. The van der Waals surface area contributed by atoms with Gasteiger partial charge in [0.25, 0.3) is 5.56 Å². The first-order chi connectivity index (χ1) is 12.8. The van der Waals surface area contributed by atoms with Crippen LogP contribution < -0.4 is 15.6 Å². The smallest absolute Gasteiger partial charge is 0.405 e. The van der Waals surface area contributed by atoms with Crippen LogP contribution in [0.1, 0.15) is 18.8 Å². The van der Waals surface area contributed by atoms with Gasteiger partial charge in [0, 0.05) is 6.07 Å². The van der Waals surface area contributed by atoms with E-state index in [4.69, 9.17) is 21.4 Å². The third kappa shape index (κ3) is 3.43. The van der Waals surface area contributed by atoms with E-state index >= 15 is 0 Å². The van der Waals surface area contributed by atoms with Crippen molar-refractivity contribution in [1.82, 2.24) is 14.9 Å². The molecule has 3 rings (SSSR count). The van der Waals surface area contributed by atoms with Gasteiger partial charge < -0.3 is 15.2 Å². The predicted molar refractivity (Wildman–Crippen MR) is 98.4 cm³/mol. The molecule has 0 bridgehead atoms. The molecule has 0 radical (unpaired) electrons. The number of carbonyl (C=O) groups is 1. The molecule has 2 aromatic carbocycles. The fourth-order valence-corrected chi connectivity index (χ4v) is 3.03. The number of nitrogens with one attached hydrogen (secondary N) is 1. The van der Waals surface area contributed by atoms with E-state index in [9.17, 15) is 14.0 Å². The average molecular weight is 392 g/mol. The maximum Gasteiger partial charge on any atom is 0.405 e. The summed E-state index contributed by atoms with van der Waals surface area (Å²) in [6.45, 7) is 1.55. The van der Waals surface area contributed by atoms with Crippen LogP contribution >= 0.6 is 11.6 Å². The molecule has 1 unspecified atom stereocenters. The summed E-state index contributed by atoms with van der Waals surface area (Å²) in [4.78, 5) is 28.7. The molecule has 0 fully saturated rings. The standard InChI is InChI=1S/C18H15ClFN3O4/c1-9(21-18(25)26)16-22-13-5-3-4-11(19)15(13)17(24)23(16)10-6-7-12(20)14(8-10)27-2/h3-9,21H,1-2H3,(H,25,26). The molecule has 3 aromatic rings. The lowest BCUT2D eigenvalue weighted by Gasteiger charge is -2.19. The molecule has 2 N–H and O–H groups in total. The van der Waals surface area contributed by atoms with Crippen molar-refractivity contribution in [3.8, 4) is 11.4 Å². The van der Waals surface area contributed by atoms with Gasteiger partial charge >= 0.3 is 6.09 Å². The Kier molecular flexibility index (Phi) is 5.00. The number of nitrogens with zero attached hydrogens (tertiary/aromatic N) is 2. The molecule has 1 atom stereocenters. The van der Waals surface area contributed by atoms with Crippen molar-refractivity contribution in [2.45, 2.75) is 13.0 Å². The van der Waals surface area contributed by atoms with Crippen molar-refractivity contribution >= 4 is 28.6 Å². The molecular formula is C18H15ClFN3O4. The van der Waals surface area contributed by atoms with E-state index in [2.05, 4.69) is 10.3 Å². The van der Waals surface area contributed by atoms with Crippen LogP contribution in [-0.4, -0.2) is 27.9 Å². The van der Waals surface area contributed by atoms with Gasteiger partial charge in [0.2, 0.25) is 0 Å². The highest BCUT2D eigenvalue weighted by Gasteiger charge is 2.21. The van der Waals surface area contributed by atoms with Gasteiger partial charge in [0.1, 0.15) is 5.82 Å². The number of methoxy groups -OCH3 is 1. The molecule has 0 saturated heterocycles. The molecule has 0 spiro atoms. The van der Waals surface area contributed by atoms with Crippen molar-refractivity contribution in [2.75, 3.05) is 7.11 Å². The van der Waals surface area contributed by atoms with Gasteiger partial charge in [-0.05, 0) is 31.2 Å². The van der Waals surface area contributed by atoms with E-state index in [1.165, 1.54) is 23.8 Å². The highest BCUT2D eigenvalue weighted by Crippen LogP contribution is 2.25. The van der Waals surface area contributed by atoms with Gasteiger partial charge in [0.05, 0.1) is 34.8 Å². The van der Waals surface area contributed by atoms with Crippen LogP contribution in [-0.2, 0) is 0 Å². The number of carboxylic acid groups (broad SMARTS) is 1. The zero-order chi connectivity index (χ0) is 19.7. The summed E-state index contributed by atoms with van der Waals surface area (Å²) in [5.41, 5.74) is 0.0850. The molecule has 9 heteroatoms. The summed E-state index contributed by atoms with van der Waals surface area (Å²) in [5, 5.41) is 11.7. The Balaban J connectivity index is 2.37. The Morgan fingerprint density at radius 2 is 2.11 bits per heavy atom. The lowest BCUT2D eigenvalue weighted by molar-refractivity contribution is 0.190. The average Bonchev–Trinajstić information content (AvgIpc) is 2.61. The molecule has 140 valence electrons. The third-order valence-corrected chi connectivity index (χ3v) is 4.31. The molecule has 0 saturated carbocycles. The Labute approximate surface area is 158 Å². The highest BCUT2D eigenvalue weighted by molar-refractivity contribution is 6.35. The van der Waals surface area contributed by atoms with Gasteiger partial charge in [-0.3, -0.25) is 9.36 Å². The van der Waals surface area contributed by atoms with Crippen LogP contribution in [0.2, 0.25) is 5.02 Å². The molecular weight excluding hydrogens is 377 g/mol. The normalized spacial score (nSPS) is 12.0. The van der Waals surface area contributed by atoms with Gasteiger partial charge in [-0.15, -0.1) is 0 Å². The summed E-state index contributed by atoms with van der Waals surface area (Å²) < 4.78 is 20.0. The van der Waals surface area contributed by atoms with Crippen LogP contribution in [0.25, 0.3) is 16.6 Å². The second kappa shape index (κ2) is 7.24. The Bertz CT molecular complexity index is 1100. The lowest BCUT2D eigenvalue weighted by Crippen LogP contribution is -2.32. The van der Waals surface area contributed by atoms with Crippen molar-refractivity contribution in [1.29, 1.82) is 0 Å².